The highest BCUT2D eigenvalue weighted by Gasteiger charge is 2.21. The van der Waals surface area contributed by atoms with Crippen molar-refractivity contribution in [3.05, 3.63) is 17.6 Å². The lowest BCUT2D eigenvalue weighted by molar-refractivity contribution is 0.0749. The summed E-state index contributed by atoms with van der Waals surface area (Å²) < 4.78 is 0. The number of hydrogen-bond donors (Lipinski definition) is 0. The van der Waals surface area contributed by atoms with Crippen LogP contribution in [0.2, 0.25) is 0 Å². The highest BCUT2D eigenvalue weighted by Crippen LogP contribution is 2.16. The maximum absolute atomic E-state index is 12.8. The summed E-state index contributed by atoms with van der Waals surface area (Å²) in [5.74, 6) is 1.58. The molecule has 6 nitrogen and oxygen atoms in total. The Morgan fingerprint density at radius 3 is 2.25 bits per heavy atom. The fraction of sp³-hybridized carbons (Fsp3) is 0.722. The summed E-state index contributed by atoms with van der Waals surface area (Å²) >= 11 is 0. The van der Waals surface area contributed by atoms with E-state index >= 15 is 0 Å². The van der Waals surface area contributed by atoms with Crippen molar-refractivity contribution in [1.82, 2.24) is 19.8 Å². The monoisotopic (exact) mass is 333 g/mol. The van der Waals surface area contributed by atoms with Crippen molar-refractivity contribution in [2.24, 2.45) is 0 Å². The van der Waals surface area contributed by atoms with Gasteiger partial charge in [-0.3, -0.25) is 4.79 Å². The lowest BCUT2D eigenvalue weighted by Crippen LogP contribution is -2.46. The number of nitrogens with zero attached hydrogens (tertiary/aromatic N) is 5. The second-order valence-corrected chi connectivity index (χ2v) is 6.37. The van der Waals surface area contributed by atoms with Gasteiger partial charge in [0.25, 0.3) is 5.91 Å². The average molecular weight is 333 g/mol. The maximum Gasteiger partial charge on any atom is 0.272 e. The molecule has 1 amide bonds. The number of carbonyl (C=O) groups excluding carboxylic acids is 1. The molecule has 0 saturated carbocycles. The van der Waals surface area contributed by atoms with Crippen molar-refractivity contribution >= 4 is 11.7 Å². The van der Waals surface area contributed by atoms with Gasteiger partial charge < -0.3 is 14.7 Å². The lowest BCUT2D eigenvalue weighted by atomic mass is 10.2. The second kappa shape index (κ2) is 8.97. The molecule has 1 aromatic heterocycles. The first-order valence-corrected chi connectivity index (χ1v) is 9.21. The van der Waals surface area contributed by atoms with Crippen molar-refractivity contribution in [2.75, 3.05) is 50.7 Å². The van der Waals surface area contributed by atoms with Gasteiger partial charge in [0.05, 0.1) is 0 Å². The second-order valence-electron chi connectivity index (χ2n) is 6.37. The molecule has 1 aliphatic rings. The van der Waals surface area contributed by atoms with E-state index in [1.165, 1.54) is 0 Å². The van der Waals surface area contributed by atoms with E-state index in [0.717, 1.165) is 64.5 Å². The Kier molecular flexibility index (Phi) is 6.97. The van der Waals surface area contributed by atoms with Gasteiger partial charge in [0.2, 0.25) is 0 Å². The standard InChI is InChI=1S/C18H31N5O/c1-5-8-23(9-6-2)18(24)16-14-17(20-15(4)19-16)22-12-10-21(7-3)11-13-22/h14H,5-13H2,1-4H3. The molecule has 24 heavy (non-hydrogen) atoms. The first kappa shape index (κ1) is 18.6. The summed E-state index contributed by atoms with van der Waals surface area (Å²) in [6, 6.07) is 1.87. The number of rotatable bonds is 7. The van der Waals surface area contributed by atoms with Crippen LogP contribution in [0.3, 0.4) is 0 Å². The summed E-state index contributed by atoms with van der Waals surface area (Å²) in [4.78, 5) is 28.4. The molecule has 0 bridgehead atoms. The number of anilines is 1. The molecular weight excluding hydrogens is 302 g/mol. The van der Waals surface area contributed by atoms with E-state index in [9.17, 15) is 4.79 Å². The topological polar surface area (TPSA) is 52.6 Å². The fourth-order valence-corrected chi connectivity index (χ4v) is 3.13. The number of aryl methyl sites for hydroxylation is 1. The van der Waals surface area contributed by atoms with Gasteiger partial charge in [0.1, 0.15) is 17.3 Å². The van der Waals surface area contributed by atoms with Gasteiger partial charge in [-0.1, -0.05) is 20.8 Å². The van der Waals surface area contributed by atoms with E-state index in [1.54, 1.807) is 0 Å². The molecule has 1 aliphatic heterocycles. The lowest BCUT2D eigenvalue weighted by Gasteiger charge is -2.35. The predicted molar refractivity (Wildman–Crippen MR) is 97.6 cm³/mol. The number of carbonyl (C=O) groups is 1. The SMILES string of the molecule is CCCN(CCC)C(=O)c1cc(N2CCN(CC)CC2)nc(C)n1. The molecule has 2 rings (SSSR count). The van der Waals surface area contributed by atoms with Crippen LogP contribution < -0.4 is 4.90 Å². The Bertz CT molecular complexity index is 534. The van der Waals surface area contributed by atoms with Gasteiger partial charge in [-0.25, -0.2) is 9.97 Å². The summed E-state index contributed by atoms with van der Waals surface area (Å²) in [5.41, 5.74) is 0.525. The number of amides is 1. The van der Waals surface area contributed by atoms with Crippen LogP contribution in [0.4, 0.5) is 5.82 Å². The Morgan fingerprint density at radius 2 is 1.71 bits per heavy atom. The molecule has 1 fully saturated rings. The van der Waals surface area contributed by atoms with Crippen molar-refractivity contribution in [2.45, 2.75) is 40.5 Å². The zero-order valence-electron chi connectivity index (χ0n) is 15.6. The minimum absolute atomic E-state index is 0.0256. The van der Waals surface area contributed by atoms with Crippen LogP contribution in [0.5, 0.6) is 0 Å². The van der Waals surface area contributed by atoms with Crippen LogP contribution in [-0.4, -0.2) is 71.5 Å². The third-order valence-electron chi connectivity index (χ3n) is 4.46. The summed E-state index contributed by atoms with van der Waals surface area (Å²) in [5, 5.41) is 0. The Hall–Kier alpha value is -1.69. The largest absolute Gasteiger partial charge is 0.354 e. The molecule has 0 aromatic carbocycles. The summed E-state index contributed by atoms with van der Waals surface area (Å²) in [6.45, 7) is 14.9. The van der Waals surface area contributed by atoms with Crippen LogP contribution in [0.25, 0.3) is 0 Å². The molecule has 0 spiro atoms. The fourth-order valence-electron chi connectivity index (χ4n) is 3.13. The molecule has 0 unspecified atom stereocenters. The minimum atomic E-state index is 0.0256. The Morgan fingerprint density at radius 1 is 1.08 bits per heavy atom. The van der Waals surface area contributed by atoms with Gasteiger partial charge in [-0.05, 0) is 26.3 Å². The zero-order valence-corrected chi connectivity index (χ0v) is 15.6. The zero-order chi connectivity index (χ0) is 17.5. The number of likely N-dealkylation sites (N-methyl/N-ethyl adjacent to an activating group) is 1. The molecule has 134 valence electrons. The first-order chi connectivity index (χ1) is 11.6. The van der Waals surface area contributed by atoms with Gasteiger partial charge in [0.15, 0.2) is 0 Å². The Labute approximate surface area is 145 Å². The van der Waals surface area contributed by atoms with Gasteiger partial charge in [-0.15, -0.1) is 0 Å². The summed E-state index contributed by atoms with van der Waals surface area (Å²) in [7, 11) is 0. The van der Waals surface area contributed by atoms with Crippen LogP contribution in [0, 0.1) is 6.92 Å². The van der Waals surface area contributed by atoms with E-state index in [1.807, 2.05) is 17.9 Å². The number of hydrogen-bond acceptors (Lipinski definition) is 5. The van der Waals surface area contributed by atoms with Gasteiger partial charge in [-0.2, -0.15) is 0 Å². The van der Waals surface area contributed by atoms with Crippen LogP contribution in [0.1, 0.15) is 49.9 Å². The maximum atomic E-state index is 12.8. The van der Waals surface area contributed by atoms with Crippen LogP contribution in [0.15, 0.2) is 6.07 Å². The number of aromatic nitrogens is 2. The molecule has 2 heterocycles. The summed E-state index contributed by atoms with van der Waals surface area (Å²) in [6.07, 6.45) is 1.92. The Balaban J connectivity index is 2.17. The molecule has 6 heteroatoms. The van der Waals surface area contributed by atoms with Crippen molar-refractivity contribution in [3.8, 4) is 0 Å². The average Bonchev–Trinajstić information content (AvgIpc) is 2.60. The van der Waals surface area contributed by atoms with Gasteiger partial charge in [0, 0.05) is 45.3 Å². The molecule has 0 atom stereocenters. The molecular formula is C18H31N5O. The van der Waals surface area contributed by atoms with Crippen LogP contribution in [-0.2, 0) is 0 Å². The minimum Gasteiger partial charge on any atom is -0.354 e. The van der Waals surface area contributed by atoms with E-state index in [4.69, 9.17) is 0 Å². The third-order valence-corrected chi connectivity index (χ3v) is 4.46. The highest BCUT2D eigenvalue weighted by molar-refractivity contribution is 5.93. The van der Waals surface area contributed by atoms with Crippen molar-refractivity contribution in [3.63, 3.8) is 0 Å². The van der Waals surface area contributed by atoms with Gasteiger partial charge >= 0.3 is 0 Å². The van der Waals surface area contributed by atoms with E-state index < -0.39 is 0 Å². The van der Waals surface area contributed by atoms with E-state index in [0.29, 0.717) is 11.5 Å². The van der Waals surface area contributed by atoms with Crippen molar-refractivity contribution < 1.29 is 4.79 Å². The molecule has 0 aliphatic carbocycles. The molecule has 1 saturated heterocycles. The normalized spacial score (nSPS) is 15.6. The highest BCUT2D eigenvalue weighted by atomic mass is 16.2. The third kappa shape index (κ3) is 4.66. The number of piperazine rings is 1. The molecule has 0 radical (unpaired) electrons. The molecule has 0 N–H and O–H groups in total. The van der Waals surface area contributed by atoms with Crippen LogP contribution >= 0.6 is 0 Å². The van der Waals surface area contributed by atoms with E-state index in [-0.39, 0.29) is 5.91 Å². The smallest absolute Gasteiger partial charge is 0.272 e. The first-order valence-electron chi connectivity index (χ1n) is 9.21. The quantitative estimate of drug-likeness (QED) is 0.765. The van der Waals surface area contributed by atoms with Crippen molar-refractivity contribution in [1.29, 1.82) is 0 Å². The predicted octanol–water partition coefficient (Wildman–Crippen LogP) is 2.19. The molecule has 1 aromatic rings. The van der Waals surface area contributed by atoms with E-state index in [2.05, 4.69) is 40.5 Å².